The molecule has 0 aromatic rings. The molecule has 0 aromatic heterocycles. The fourth-order valence-electron chi connectivity index (χ4n) is 1.45. The van der Waals surface area contributed by atoms with E-state index in [9.17, 15) is 8.42 Å². The molecule has 0 atom stereocenters. The standard InChI is InChI=1S/C17H40O5SSi2/c1-16(2,3)24(8,9)21-13-15(12-20-23(7,18)19)14-22-25(10,11)17(4,5)6/h15H,12-14H2,1-11H3. The van der Waals surface area contributed by atoms with E-state index in [1.54, 1.807) is 0 Å². The van der Waals surface area contributed by atoms with E-state index in [0.717, 1.165) is 6.26 Å². The van der Waals surface area contributed by atoms with Crippen LogP contribution >= 0.6 is 0 Å². The van der Waals surface area contributed by atoms with Crippen LogP contribution in [0.1, 0.15) is 41.5 Å². The summed E-state index contributed by atoms with van der Waals surface area (Å²) in [6, 6.07) is 0. The predicted octanol–water partition coefficient (Wildman–Crippen LogP) is 4.62. The zero-order valence-electron chi connectivity index (χ0n) is 18.1. The van der Waals surface area contributed by atoms with Gasteiger partial charge in [0, 0.05) is 19.1 Å². The van der Waals surface area contributed by atoms with Crippen molar-refractivity contribution in [3.8, 4) is 0 Å². The minimum Gasteiger partial charge on any atom is -0.416 e. The first-order valence-electron chi connectivity index (χ1n) is 8.91. The first kappa shape index (κ1) is 25.3. The number of rotatable bonds is 9. The Bertz CT molecular complexity index is 486. The van der Waals surface area contributed by atoms with Crippen molar-refractivity contribution >= 4 is 26.8 Å². The minimum atomic E-state index is -3.47. The average molecular weight is 413 g/mol. The second-order valence-corrected chi connectivity index (χ2v) is 21.3. The largest absolute Gasteiger partial charge is 0.416 e. The smallest absolute Gasteiger partial charge is 0.264 e. The van der Waals surface area contributed by atoms with Gasteiger partial charge in [0.2, 0.25) is 0 Å². The van der Waals surface area contributed by atoms with Gasteiger partial charge in [-0.1, -0.05) is 41.5 Å². The van der Waals surface area contributed by atoms with Crippen molar-refractivity contribution in [2.24, 2.45) is 5.92 Å². The van der Waals surface area contributed by atoms with Gasteiger partial charge in [0.15, 0.2) is 16.6 Å². The molecule has 0 amide bonds. The van der Waals surface area contributed by atoms with Crippen LogP contribution in [-0.2, 0) is 23.2 Å². The zero-order chi connectivity index (χ0) is 20.3. The second-order valence-electron chi connectivity index (χ2n) is 10.00. The maximum absolute atomic E-state index is 11.4. The molecule has 0 saturated carbocycles. The molecule has 0 spiro atoms. The summed E-state index contributed by atoms with van der Waals surface area (Å²) in [4.78, 5) is 0. The third-order valence-electron chi connectivity index (χ3n) is 5.49. The molecule has 0 aliphatic rings. The summed E-state index contributed by atoms with van der Waals surface area (Å²) in [7, 11) is -7.28. The highest BCUT2D eigenvalue weighted by Gasteiger charge is 2.39. The molecule has 0 fully saturated rings. The first-order chi connectivity index (χ1) is 10.8. The highest BCUT2D eigenvalue weighted by molar-refractivity contribution is 7.85. The van der Waals surface area contributed by atoms with Gasteiger partial charge in [-0.3, -0.25) is 4.18 Å². The van der Waals surface area contributed by atoms with Crippen LogP contribution in [0.3, 0.4) is 0 Å². The molecule has 0 unspecified atom stereocenters. The fraction of sp³-hybridized carbons (Fsp3) is 1.00. The summed E-state index contributed by atoms with van der Waals surface area (Å²) in [6.45, 7) is 22.9. The summed E-state index contributed by atoms with van der Waals surface area (Å²) >= 11 is 0. The molecule has 0 saturated heterocycles. The molecule has 25 heavy (non-hydrogen) atoms. The quantitative estimate of drug-likeness (QED) is 0.408. The van der Waals surface area contributed by atoms with Crippen molar-refractivity contribution in [1.29, 1.82) is 0 Å². The third-order valence-corrected chi connectivity index (χ3v) is 15.1. The van der Waals surface area contributed by atoms with E-state index in [4.69, 9.17) is 13.0 Å². The van der Waals surface area contributed by atoms with Crippen LogP contribution in [0.4, 0.5) is 0 Å². The lowest BCUT2D eigenvalue weighted by Crippen LogP contribution is -2.45. The molecule has 0 aromatic carbocycles. The zero-order valence-corrected chi connectivity index (χ0v) is 21.0. The molecule has 152 valence electrons. The van der Waals surface area contributed by atoms with Crippen molar-refractivity contribution in [2.75, 3.05) is 26.1 Å². The van der Waals surface area contributed by atoms with Crippen LogP contribution < -0.4 is 0 Å². The molecule has 0 N–H and O–H groups in total. The van der Waals surface area contributed by atoms with E-state index in [1.165, 1.54) is 0 Å². The molecule has 0 rings (SSSR count). The summed E-state index contributed by atoms with van der Waals surface area (Å²) in [5.41, 5.74) is 0. The van der Waals surface area contributed by atoms with Crippen LogP contribution in [0, 0.1) is 5.92 Å². The Balaban J connectivity index is 5.00. The van der Waals surface area contributed by atoms with Gasteiger partial charge in [0.1, 0.15) is 0 Å². The van der Waals surface area contributed by atoms with Gasteiger partial charge in [0.25, 0.3) is 10.1 Å². The lowest BCUT2D eigenvalue weighted by Gasteiger charge is -2.39. The van der Waals surface area contributed by atoms with Gasteiger partial charge in [-0.15, -0.1) is 0 Å². The lowest BCUT2D eigenvalue weighted by atomic mass is 10.2. The van der Waals surface area contributed by atoms with Crippen LogP contribution in [0.15, 0.2) is 0 Å². The van der Waals surface area contributed by atoms with E-state index in [2.05, 4.69) is 67.7 Å². The van der Waals surface area contributed by atoms with Crippen molar-refractivity contribution in [2.45, 2.75) is 77.8 Å². The average Bonchev–Trinajstić information content (AvgIpc) is 2.33. The van der Waals surface area contributed by atoms with Crippen molar-refractivity contribution in [3.05, 3.63) is 0 Å². The Labute approximate surface area is 158 Å². The molecule has 0 radical (unpaired) electrons. The molecular formula is C17H40O5SSi2. The van der Waals surface area contributed by atoms with Crippen LogP contribution in [0.5, 0.6) is 0 Å². The van der Waals surface area contributed by atoms with Crippen LogP contribution in [-0.4, -0.2) is 51.1 Å². The highest BCUT2D eigenvalue weighted by atomic mass is 32.2. The summed E-state index contributed by atoms with van der Waals surface area (Å²) in [5, 5.41) is 0.213. The molecule has 0 bridgehead atoms. The normalized spacial score (nSPS) is 15.0. The Morgan fingerprint density at radius 3 is 1.32 bits per heavy atom. The van der Waals surface area contributed by atoms with E-state index >= 15 is 0 Å². The Morgan fingerprint density at radius 2 is 1.08 bits per heavy atom. The maximum Gasteiger partial charge on any atom is 0.264 e. The monoisotopic (exact) mass is 412 g/mol. The SMILES string of the molecule is CC(C)(C)[Si](C)(C)OCC(CO[Si](C)(C)C(C)(C)C)COS(C)(=O)=O. The molecule has 0 aliphatic heterocycles. The van der Waals surface area contributed by atoms with E-state index in [-0.39, 0.29) is 22.6 Å². The lowest BCUT2D eigenvalue weighted by molar-refractivity contribution is 0.116. The van der Waals surface area contributed by atoms with Gasteiger partial charge >= 0.3 is 0 Å². The van der Waals surface area contributed by atoms with E-state index in [0.29, 0.717) is 13.2 Å². The summed E-state index contributed by atoms with van der Waals surface area (Å²) < 4.78 is 40.3. The molecule has 5 nitrogen and oxygen atoms in total. The van der Waals surface area contributed by atoms with Crippen LogP contribution in [0.2, 0.25) is 36.3 Å². The molecule has 0 heterocycles. The Morgan fingerprint density at radius 1 is 0.760 bits per heavy atom. The Hall–Kier alpha value is 0.264. The first-order valence-corrected chi connectivity index (χ1v) is 16.5. The second kappa shape index (κ2) is 8.52. The third kappa shape index (κ3) is 9.15. The molecule has 0 aliphatic carbocycles. The summed E-state index contributed by atoms with van der Waals surface area (Å²) in [5.74, 6) is -0.0991. The summed E-state index contributed by atoms with van der Waals surface area (Å²) in [6.07, 6.45) is 1.08. The van der Waals surface area contributed by atoms with Gasteiger partial charge in [-0.2, -0.15) is 8.42 Å². The predicted molar refractivity (Wildman–Crippen MR) is 111 cm³/mol. The minimum absolute atomic E-state index is 0.0991. The van der Waals surface area contributed by atoms with Crippen molar-refractivity contribution < 1.29 is 21.5 Å². The van der Waals surface area contributed by atoms with Gasteiger partial charge < -0.3 is 8.85 Å². The van der Waals surface area contributed by atoms with E-state index in [1.807, 2.05) is 0 Å². The van der Waals surface area contributed by atoms with Gasteiger partial charge in [0.05, 0.1) is 12.9 Å². The van der Waals surface area contributed by atoms with Crippen LogP contribution in [0.25, 0.3) is 0 Å². The Kier molecular flexibility index (Phi) is 8.61. The van der Waals surface area contributed by atoms with Gasteiger partial charge in [-0.05, 0) is 36.3 Å². The van der Waals surface area contributed by atoms with Crippen molar-refractivity contribution in [1.82, 2.24) is 0 Å². The van der Waals surface area contributed by atoms with E-state index < -0.39 is 26.8 Å². The maximum atomic E-state index is 11.4. The molecular weight excluding hydrogens is 372 g/mol. The van der Waals surface area contributed by atoms with Gasteiger partial charge in [-0.25, -0.2) is 0 Å². The topological polar surface area (TPSA) is 61.8 Å². The number of hydrogen-bond donors (Lipinski definition) is 0. The van der Waals surface area contributed by atoms with Crippen molar-refractivity contribution in [3.63, 3.8) is 0 Å². The fourth-order valence-corrected chi connectivity index (χ4v) is 4.06. The molecule has 8 heteroatoms. The number of hydrogen-bond acceptors (Lipinski definition) is 5. The highest BCUT2D eigenvalue weighted by Crippen LogP contribution is 2.38.